The zero-order chi connectivity index (χ0) is 20.1. The van der Waals surface area contributed by atoms with Crippen molar-refractivity contribution >= 4 is 5.91 Å². The van der Waals surface area contributed by atoms with Crippen molar-refractivity contribution in [3.63, 3.8) is 0 Å². The molecule has 0 aliphatic carbocycles. The highest BCUT2D eigenvalue weighted by Gasteiger charge is 2.21. The normalized spacial score (nSPS) is 10.9. The number of oxazole rings is 1. The molecule has 2 aromatic heterocycles. The molecule has 6 nitrogen and oxygen atoms in total. The van der Waals surface area contributed by atoms with Crippen LogP contribution in [0.1, 0.15) is 31.1 Å². The molecule has 0 fully saturated rings. The monoisotopic (exact) mass is 379 g/mol. The van der Waals surface area contributed by atoms with Gasteiger partial charge in [0.1, 0.15) is 17.2 Å². The van der Waals surface area contributed by atoms with Gasteiger partial charge in [0.2, 0.25) is 5.89 Å². The topological polar surface area (TPSA) is 68.5 Å². The van der Waals surface area contributed by atoms with Gasteiger partial charge >= 0.3 is 0 Å². The van der Waals surface area contributed by atoms with Crippen molar-refractivity contribution in [2.24, 2.45) is 0 Å². The predicted molar refractivity (Wildman–Crippen MR) is 107 cm³/mol. The Bertz CT molecular complexity index is 918. The van der Waals surface area contributed by atoms with E-state index in [1.165, 1.54) is 0 Å². The summed E-state index contributed by atoms with van der Waals surface area (Å²) in [6.07, 6.45) is 3.44. The molecule has 2 heterocycles. The third kappa shape index (κ3) is 4.76. The summed E-state index contributed by atoms with van der Waals surface area (Å²) in [6, 6.07) is 11.4. The van der Waals surface area contributed by atoms with Gasteiger partial charge in [0, 0.05) is 24.0 Å². The van der Waals surface area contributed by atoms with Crippen molar-refractivity contribution < 1.29 is 13.9 Å². The van der Waals surface area contributed by atoms with E-state index < -0.39 is 0 Å². The fourth-order valence-electron chi connectivity index (χ4n) is 2.86. The number of pyridine rings is 1. The average molecular weight is 379 g/mol. The second-order valence-corrected chi connectivity index (χ2v) is 6.97. The highest BCUT2D eigenvalue weighted by molar-refractivity contribution is 5.78. The van der Waals surface area contributed by atoms with Gasteiger partial charge in [0.25, 0.3) is 5.91 Å². The van der Waals surface area contributed by atoms with Gasteiger partial charge in [-0.3, -0.25) is 9.78 Å². The van der Waals surface area contributed by atoms with Gasteiger partial charge in [-0.05, 0) is 52.0 Å². The molecule has 0 saturated carbocycles. The summed E-state index contributed by atoms with van der Waals surface area (Å²) >= 11 is 0. The number of carbonyl (C=O) groups excluding carboxylic acids is 1. The van der Waals surface area contributed by atoms with E-state index in [4.69, 9.17) is 9.15 Å². The van der Waals surface area contributed by atoms with Crippen LogP contribution in [0.5, 0.6) is 5.75 Å². The molecule has 0 aliphatic heterocycles. The second-order valence-electron chi connectivity index (χ2n) is 6.97. The number of amides is 1. The predicted octanol–water partition coefficient (Wildman–Crippen LogP) is 4.17. The van der Waals surface area contributed by atoms with Gasteiger partial charge in [-0.15, -0.1) is 0 Å². The van der Waals surface area contributed by atoms with Crippen LogP contribution in [0.4, 0.5) is 0 Å². The van der Waals surface area contributed by atoms with Crippen molar-refractivity contribution in [2.75, 3.05) is 6.61 Å². The Morgan fingerprint density at radius 3 is 2.43 bits per heavy atom. The number of rotatable bonds is 7. The van der Waals surface area contributed by atoms with Gasteiger partial charge in [0.05, 0.1) is 6.54 Å². The van der Waals surface area contributed by atoms with Gasteiger partial charge in [-0.1, -0.05) is 17.7 Å². The van der Waals surface area contributed by atoms with Crippen molar-refractivity contribution in [1.29, 1.82) is 0 Å². The molecule has 0 saturated heterocycles. The average Bonchev–Trinajstić information content (AvgIpc) is 3.06. The lowest BCUT2D eigenvalue weighted by molar-refractivity contribution is -0.136. The summed E-state index contributed by atoms with van der Waals surface area (Å²) in [6.45, 7) is 8.06. The molecule has 0 radical (unpaired) electrons. The van der Waals surface area contributed by atoms with Gasteiger partial charge in [-0.25, -0.2) is 4.98 Å². The lowest BCUT2D eigenvalue weighted by Crippen LogP contribution is -2.39. The van der Waals surface area contributed by atoms with Crippen molar-refractivity contribution in [1.82, 2.24) is 14.9 Å². The van der Waals surface area contributed by atoms with Crippen LogP contribution in [-0.4, -0.2) is 33.4 Å². The van der Waals surface area contributed by atoms with Crippen LogP contribution in [0, 0.1) is 13.8 Å². The van der Waals surface area contributed by atoms with Crippen LogP contribution < -0.4 is 4.74 Å². The van der Waals surface area contributed by atoms with E-state index in [1.807, 2.05) is 64.1 Å². The van der Waals surface area contributed by atoms with E-state index in [-0.39, 0.29) is 18.6 Å². The largest absolute Gasteiger partial charge is 0.484 e. The van der Waals surface area contributed by atoms with E-state index in [9.17, 15) is 4.79 Å². The smallest absolute Gasteiger partial charge is 0.261 e. The zero-order valence-corrected chi connectivity index (χ0v) is 16.7. The molecular weight excluding hydrogens is 354 g/mol. The summed E-state index contributed by atoms with van der Waals surface area (Å²) in [5.74, 6) is 1.78. The standard InChI is InChI=1S/C22H25N3O3/c1-15(2)25(21(26)14-27-19-7-5-16(3)6-8-19)13-20-24-22(17(4)28-20)18-9-11-23-12-10-18/h5-12,15H,13-14H2,1-4H3. The zero-order valence-electron chi connectivity index (χ0n) is 16.7. The first-order valence-corrected chi connectivity index (χ1v) is 9.29. The summed E-state index contributed by atoms with van der Waals surface area (Å²) in [5, 5.41) is 0. The Balaban J connectivity index is 1.69. The summed E-state index contributed by atoms with van der Waals surface area (Å²) < 4.78 is 11.5. The molecule has 1 amide bonds. The minimum atomic E-state index is -0.114. The molecule has 0 aliphatic rings. The molecule has 3 rings (SSSR count). The van der Waals surface area contributed by atoms with Gasteiger partial charge < -0.3 is 14.1 Å². The third-order valence-electron chi connectivity index (χ3n) is 4.43. The van der Waals surface area contributed by atoms with Crippen molar-refractivity contribution in [3.05, 3.63) is 66.0 Å². The minimum absolute atomic E-state index is 0.00861. The Labute approximate surface area is 165 Å². The summed E-state index contributed by atoms with van der Waals surface area (Å²) in [5.41, 5.74) is 2.85. The molecule has 28 heavy (non-hydrogen) atoms. The van der Waals surface area contributed by atoms with Crippen LogP contribution in [0.25, 0.3) is 11.3 Å². The molecule has 0 unspecified atom stereocenters. The van der Waals surface area contributed by atoms with Gasteiger partial charge in [0.15, 0.2) is 6.61 Å². The Morgan fingerprint density at radius 2 is 1.79 bits per heavy atom. The third-order valence-corrected chi connectivity index (χ3v) is 4.43. The number of aryl methyl sites for hydroxylation is 2. The Kier molecular flexibility index (Phi) is 6.09. The van der Waals surface area contributed by atoms with Crippen molar-refractivity contribution in [3.8, 4) is 17.0 Å². The Morgan fingerprint density at radius 1 is 1.11 bits per heavy atom. The van der Waals surface area contributed by atoms with E-state index in [2.05, 4.69) is 9.97 Å². The van der Waals surface area contributed by atoms with Crippen LogP contribution in [0.2, 0.25) is 0 Å². The lowest BCUT2D eigenvalue weighted by Gasteiger charge is -2.25. The quantitative estimate of drug-likeness (QED) is 0.616. The highest BCUT2D eigenvalue weighted by atomic mass is 16.5. The van der Waals surface area contributed by atoms with E-state index in [0.717, 1.165) is 16.8 Å². The molecule has 6 heteroatoms. The second kappa shape index (κ2) is 8.69. The number of nitrogens with zero attached hydrogens (tertiary/aromatic N) is 3. The number of aromatic nitrogens is 2. The van der Waals surface area contributed by atoms with Crippen LogP contribution in [0.15, 0.2) is 53.2 Å². The fraction of sp³-hybridized carbons (Fsp3) is 0.318. The fourth-order valence-corrected chi connectivity index (χ4v) is 2.86. The summed E-state index contributed by atoms with van der Waals surface area (Å²) in [7, 11) is 0. The van der Waals surface area contributed by atoms with Gasteiger partial charge in [-0.2, -0.15) is 0 Å². The molecule has 3 aromatic rings. The number of ether oxygens (including phenoxy) is 1. The number of benzene rings is 1. The number of hydrogen-bond donors (Lipinski definition) is 0. The van der Waals surface area contributed by atoms with Crippen LogP contribution in [-0.2, 0) is 11.3 Å². The molecule has 0 N–H and O–H groups in total. The first-order valence-electron chi connectivity index (χ1n) is 9.29. The number of hydrogen-bond acceptors (Lipinski definition) is 5. The molecule has 0 atom stereocenters. The maximum Gasteiger partial charge on any atom is 0.261 e. The van der Waals surface area contributed by atoms with Crippen molar-refractivity contribution in [2.45, 2.75) is 40.3 Å². The molecule has 0 bridgehead atoms. The van der Waals surface area contributed by atoms with E-state index in [1.54, 1.807) is 17.3 Å². The van der Waals surface area contributed by atoms with Crippen LogP contribution in [0.3, 0.4) is 0 Å². The molecule has 0 spiro atoms. The van der Waals surface area contributed by atoms with E-state index >= 15 is 0 Å². The van der Waals surface area contributed by atoms with E-state index in [0.29, 0.717) is 23.9 Å². The molecule has 1 aromatic carbocycles. The maximum atomic E-state index is 12.7. The SMILES string of the molecule is Cc1ccc(OCC(=O)N(Cc2nc(-c3ccncc3)c(C)o2)C(C)C)cc1. The minimum Gasteiger partial charge on any atom is -0.484 e. The van der Waals surface area contributed by atoms with Crippen LogP contribution >= 0.6 is 0 Å². The maximum absolute atomic E-state index is 12.7. The highest BCUT2D eigenvalue weighted by Crippen LogP contribution is 2.23. The number of carbonyl (C=O) groups is 1. The summed E-state index contributed by atoms with van der Waals surface area (Å²) in [4.78, 5) is 23.0. The lowest BCUT2D eigenvalue weighted by atomic mass is 10.2. The first-order chi connectivity index (χ1) is 13.4. The molecular formula is C22H25N3O3. The Hall–Kier alpha value is -3.15. The molecule has 146 valence electrons. The first kappa shape index (κ1) is 19.6.